The lowest BCUT2D eigenvalue weighted by Crippen LogP contribution is -2.41. The molecule has 0 bridgehead atoms. The van der Waals surface area contributed by atoms with Crippen LogP contribution in [0.4, 0.5) is 0 Å². The third-order valence-electron chi connectivity index (χ3n) is 4.41. The third kappa shape index (κ3) is 2.72. The molecule has 1 spiro atoms. The molecule has 1 aromatic rings. The summed E-state index contributed by atoms with van der Waals surface area (Å²) < 4.78 is 13.8. The van der Waals surface area contributed by atoms with E-state index < -0.39 is 0 Å². The average molecular weight is 300 g/mol. The maximum absolute atomic E-state index is 6.24. The Morgan fingerprint density at radius 1 is 1.50 bits per heavy atom. The molecule has 1 atom stereocenters. The number of halogens is 1. The Morgan fingerprint density at radius 3 is 2.90 bits per heavy atom. The van der Waals surface area contributed by atoms with Crippen molar-refractivity contribution in [2.75, 3.05) is 19.7 Å². The molecule has 5 nitrogen and oxygen atoms in total. The van der Waals surface area contributed by atoms with Gasteiger partial charge in [0.15, 0.2) is 0 Å². The number of nitrogens with zero attached hydrogens (tertiary/aromatic N) is 2. The molecule has 112 valence electrons. The number of aromatic nitrogens is 2. The second-order valence-electron chi connectivity index (χ2n) is 5.85. The number of rotatable bonds is 3. The molecule has 0 aromatic carbocycles. The summed E-state index contributed by atoms with van der Waals surface area (Å²) in [6.07, 6.45) is 3.32. The first kappa shape index (κ1) is 14.3. The summed E-state index contributed by atoms with van der Waals surface area (Å²) in [6, 6.07) is 0. The van der Waals surface area contributed by atoms with E-state index in [-0.39, 0.29) is 11.7 Å². The fourth-order valence-electron chi connectivity index (χ4n) is 3.17. The molecule has 1 aromatic heterocycles. The van der Waals surface area contributed by atoms with Gasteiger partial charge in [-0.25, -0.2) is 0 Å². The van der Waals surface area contributed by atoms with Gasteiger partial charge in [0.1, 0.15) is 0 Å². The van der Waals surface area contributed by atoms with Crippen molar-refractivity contribution in [1.29, 1.82) is 0 Å². The summed E-state index contributed by atoms with van der Waals surface area (Å²) in [5.41, 5.74) is 1.84. The molecule has 2 fully saturated rings. The number of piperidine rings is 1. The first-order chi connectivity index (χ1) is 9.60. The summed E-state index contributed by atoms with van der Waals surface area (Å²) in [5.74, 6) is 0. The molecule has 1 unspecified atom stereocenters. The van der Waals surface area contributed by atoms with Gasteiger partial charge in [-0.3, -0.25) is 4.68 Å². The first-order valence-electron chi connectivity index (χ1n) is 7.24. The largest absolute Gasteiger partial charge is 0.372 e. The molecule has 6 heteroatoms. The number of hydrogen-bond donors (Lipinski definition) is 1. The second-order valence-corrected chi connectivity index (χ2v) is 6.23. The van der Waals surface area contributed by atoms with Gasteiger partial charge in [0.2, 0.25) is 0 Å². The van der Waals surface area contributed by atoms with Gasteiger partial charge in [0.25, 0.3) is 0 Å². The zero-order valence-corrected chi connectivity index (χ0v) is 12.9. The predicted octanol–water partition coefficient (Wildman–Crippen LogP) is 1.81. The minimum atomic E-state index is 0.0437. The van der Waals surface area contributed by atoms with Crippen molar-refractivity contribution in [3.8, 4) is 0 Å². The molecule has 20 heavy (non-hydrogen) atoms. The van der Waals surface area contributed by atoms with Crippen LogP contribution in [0.1, 0.15) is 30.7 Å². The van der Waals surface area contributed by atoms with Crippen molar-refractivity contribution in [3.63, 3.8) is 0 Å². The van der Waals surface area contributed by atoms with E-state index in [0.717, 1.165) is 43.7 Å². The van der Waals surface area contributed by atoms with Crippen LogP contribution >= 0.6 is 11.6 Å². The number of aryl methyl sites for hydroxylation is 2. The molecule has 1 N–H and O–H groups in total. The van der Waals surface area contributed by atoms with Crippen LogP contribution in [0.2, 0.25) is 5.02 Å². The van der Waals surface area contributed by atoms with Crippen LogP contribution in [0.15, 0.2) is 0 Å². The Morgan fingerprint density at radius 2 is 2.25 bits per heavy atom. The second kappa shape index (κ2) is 5.64. The van der Waals surface area contributed by atoms with Crippen molar-refractivity contribution in [2.45, 2.75) is 44.5 Å². The van der Waals surface area contributed by atoms with E-state index in [0.29, 0.717) is 18.2 Å². The summed E-state index contributed by atoms with van der Waals surface area (Å²) in [6.45, 7) is 5.18. The molecule has 3 rings (SSSR count). The lowest BCUT2D eigenvalue weighted by Gasteiger charge is -2.32. The molecule has 2 saturated heterocycles. The first-order valence-corrected chi connectivity index (χ1v) is 7.62. The van der Waals surface area contributed by atoms with Crippen LogP contribution in [0.5, 0.6) is 0 Å². The minimum Gasteiger partial charge on any atom is -0.372 e. The van der Waals surface area contributed by atoms with Crippen molar-refractivity contribution in [2.24, 2.45) is 7.05 Å². The molecule has 0 amide bonds. The average Bonchev–Trinajstić information content (AvgIpc) is 2.92. The van der Waals surface area contributed by atoms with Gasteiger partial charge < -0.3 is 14.8 Å². The van der Waals surface area contributed by atoms with Crippen LogP contribution in [-0.4, -0.2) is 41.2 Å². The maximum Gasteiger partial charge on any atom is 0.0904 e. The minimum absolute atomic E-state index is 0.0437. The van der Waals surface area contributed by atoms with Crippen LogP contribution in [0.25, 0.3) is 0 Å². The van der Waals surface area contributed by atoms with Gasteiger partial charge in [-0.15, -0.1) is 0 Å². The molecular formula is C14H22ClN3O2. The van der Waals surface area contributed by atoms with Gasteiger partial charge in [-0.05, 0) is 32.9 Å². The van der Waals surface area contributed by atoms with E-state index in [1.165, 1.54) is 0 Å². The monoisotopic (exact) mass is 299 g/mol. The maximum atomic E-state index is 6.24. The topological polar surface area (TPSA) is 48.3 Å². The lowest BCUT2D eigenvalue weighted by atomic mass is 9.89. The molecule has 2 aliphatic heterocycles. The van der Waals surface area contributed by atoms with Gasteiger partial charge >= 0.3 is 0 Å². The molecular weight excluding hydrogens is 278 g/mol. The van der Waals surface area contributed by atoms with Crippen LogP contribution in [0, 0.1) is 6.92 Å². The Hall–Kier alpha value is -0.620. The summed E-state index contributed by atoms with van der Waals surface area (Å²) in [7, 11) is 1.90. The molecule has 2 aliphatic rings. The highest BCUT2D eigenvalue weighted by Crippen LogP contribution is 2.35. The zero-order chi connectivity index (χ0) is 14.2. The third-order valence-corrected chi connectivity index (χ3v) is 4.90. The Labute approximate surface area is 124 Å². The van der Waals surface area contributed by atoms with Gasteiger partial charge in [0.05, 0.1) is 41.3 Å². The van der Waals surface area contributed by atoms with E-state index in [2.05, 4.69) is 10.4 Å². The van der Waals surface area contributed by atoms with Crippen molar-refractivity contribution in [1.82, 2.24) is 15.1 Å². The Kier molecular flexibility index (Phi) is 4.04. The fraction of sp³-hybridized carbons (Fsp3) is 0.786. The lowest BCUT2D eigenvalue weighted by molar-refractivity contribution is -0.0243. The highest BCUT2D eigenvalue weighted by Gasteiger charge is 2.41. The normalized spacial score (nSPS) is 25.4. The van der Waals surface area contributed by atoms with Gasteiger partial charge in [0, 0.05) is 13.5 Å². The predicted molar refractivity (Wildman–Crippen MR) is 76.9 cm³/mol. The fourth-order valence-corrected chi connectivity index (χ4v) is 3.39. The Balaban J connectivity index is 1.57. The molecule has 0 aliphatic carbocycles. The Bertz CT molecular complexity index is 483. The van der Waals surface area contributed by atoms with E-state index in [4.69, 9.17) is 21.1 Å². The standard InChI is InChI=1S/C14H22ClN3O2/c1-10-13(15)12(18(2)17-10)9-19-11-7-14(20-8-11)3-5-16-6-4-14/h11,16H,3-9H2,1-2H3. The van der Waals surface area contributed by atoms with Crippen molar-refractivity contribution < 1.29 is 9.47 Å². The summed E-state index contributed by atoms with van der Waals surface area (Å²) >= 11 is 6.24. The van der Waals surface area contributed by atoms with Crippen LogP contribution in [0.3, 0.4) is 0 Å². The highest BCUT2D eigenvalue weighted by atomic mass is 35.5. The van der Waals surface area contributed by atoms with E-state index in [1.54, 1.807) is 4.68 Å². The number of ether oxygens (including phenoxy) is 2. The van der Waals surface area contributed by atoms with E-state index in [1.807, 2.05) is 14.0 Å². The molecule has 0 radical (unpaired) electrons. The SMILES string of the molecule is Cc1nn(C)c(COC2COC3(CCNCC3)C2)c1Cl. The number of nitrogens with one attached hydrogen (secondary N) is 1. The summed E-state index contributed by atoms with van der Waals surface area (Å²) in [4.78, 5) is 0. The van der Waals surface area contributed by atoms with E-state index in [9.17, 15) is 0 Å². The van der Waals surface area contributed by atoms with Crippen LogP contribution < -0.4 is 5.32 Å². The van der Waals surface area contributed by atoms with Crippen LogP contribution in [-0.2, 0) is 23.1 Å². The summed E-state index contributed by atoms with van der Waals surface area (Å²) in [5, 5.41) is 8.39. The number of hydrogen-bond acceptors (Lipinski definition) is 4. The molecule has 3 heterocycles. The zero-order valence-electron chi connectivity index (χ0n) is 12.1. The quantitative estimate of drug-likeness (QED) is 0.925. The van der Waals surface area contributed by atoms with Gasteiger partial charge in [-0.1, -0.05) is 11.6 Å². The van der Waals surface area contributed by atoms with E-state index >= 15 is 0 Å². The molecule has 0 saturated carbocycles. The van der Waals surface area contributed by atoms with Crippen molar-refractivity contribution >= 4 is 11.6 Å². The van der Waals surface area contributed by atoms with Crippen molar-refractivity contribution in [3.05, 3.63) is 16.4 Å². The highest BCUT2D eigenvalue weighted by molar-refractivity contribution is 6.31. The van der Waals surface area contributed by atoms with Gasteiger partial charge in [-0.2, -0.15) is 5.10 Å². The smallest absolute Gasteiger partial charge is 0.0904 e.